The van der Waals surface area contributed by atoms with Crippen molar-refractivity contribution in [2.45, 2.75) is 19.4 Å². The number of amides is 3. The van der Waals surface area contributed by atoms with Crippen LogP contribution in [0.1, 0.15) is 35.3 Å². The van der Waals surface area contributed by atoms with Gasteiger partial charge >= 0.3 is 12.1 Å². The first kappa shape index (κ1) is 27.4. The van der Waals surface area contributed by atoms with E-state index in [1.165, 1.54) is 36.4 Å². The van der Waals surface area contributed by atoms with E-state index < -0.39 is 42.9 Å². The smallest absolute Gasteiger partial charge is 0.413 e. The molecule has 11 nitrogen and oxygen atoms in total. The molecular weight excluding hydrogens is 501 g/mol. The van der Waals surface area contributed by atoms with Gasteiger partial charge in [0, 0.05) is 15.6 Å². The van der Waals surface area contributed by atoms with Gasteiger partial charge in [0.15, 0.2) is 0 Å². The number of alkyl carbamates (subject to hydrolysis) is 1. The molecule has 13 heteroatoms. The molecule has 0 saturated heterocycles. The van der Waals surface area contributed by atoms with E-state index in [9.17, 15) is 24.3 Å². The van der Waals surface area contributed by atoms with E-state index >= 15 is 0 Å². The molecule has 186 valence electrons. The van der Waals surface area contributed by atoms with E-state index in [1.54, 1.807) is 13.0 Å². The van der Waals surface area contributed by atoms with Crippen LogP contribution in [0.4, 0.5) is 10.5 Å². The van der Waals surface area contributed by atoms with Crippen LogP contribution in [0.3, 0.4) is 0 Å². The molecule has 3 amide bonds. The number of aliphatic imine (C=N–C) groups is 1. The standard InChI is InChI=1S/C22H23Cl2N5O6/c1-2-35-22(34)29-21(25)27-16-5-3-4-12(8-16)20(33)26-11-18(30)28-17(10-19(31)32)13-6-14(23)9-15(24)7-13/h3-9,17H,2,10-11H2,1H3,(H,26,33)(H,28,30)(H,31,32)(H3,25,27,29,34). The van der Waals surface area contributed by atoms with Crippen LogP contribution in [0.25, 0.3) is 0 Å². The summed E-state index contributed by atoms with van der Waals surface area (Å²) in [5.41, 5.74) is 6.49. The van der Waals surface area contributed by atoms with Crippen molar-refractivity contribution >= 4 is 58.7 Å². The lowest BCUT2D eigenvalue weighted by Gasteiger charge is -2.18. The minimum absolute atomic E-state index is 0.159. The van der Waals surface area contributed by atoms with Gasteiger partial charge in [0.1, 0.15) is 0 Å². The Morgan fingerprint density at radius 2 is 1.80 bits per heavy atom. The SMILES string of the molecule is CCOC(=O)NC(N)=Nc1cccc(C(=O)NCC(=O)NC(CC(=O)O)c2cc(Cl)cc(Cl)c2)c1. The van der Waals surface area contributed by atoms with Crippen LogP contribution < -0.4 is 21.7 Å². The molecule has 0 saturated carbocycles. The Morgan fingerprint density at radius 3 is 2.43 bits per heavy atom. The number of carboxylic acid groups (broad SMARTS) is 1. The maximum atomic E-state index is 12.5. The average molecular weight is 524 g/mol. The third kappa shape index (κ3) is 9.51. The first-order valence-electron chi connectivity index (χ1n) is 10.2. The largest absolute Gasteiger partial charge is 0.481 e. The molecule has 2 rings (SSSR count). The number of halogens is 2. The number of hydrogen-bond acceptors (Lipinski definition) is 6. The lowest BCUT2D eigenvalue weighted by atomic mass is 10.0. The second-order valence-electron chi connectivity index (χ2n) is 7.00. The molecule has 0 aliphatic rings. The minimum Gasteiger partial charge on any atom is -0.481 e. The normalized spacial score (nSPS) is 11.8. The fourth-order valence-corrected chi connectivity index (χ4v) is 3.41. The van der Waals surface area contributed by atoms with Crippen LogP contribution in [0.5, 0.6) is 0 Å². The van der Waals surface area contributed by atoms with Crippen LogP contribution >= 0.6 is 23.2 Å². The van der Waals surface area contributed by atoms with Gasteiger partial charge in [-0.2, -0.15) is 0 Å². The monoisotopic (exact) mass is 523 g/mol. The summed E-state index contributed by atoms with van der Waals surface area (Å²) in [6.07, 6.45) is -1.19. The number of aliphatic carboxylic acids is 1. The Labute approximate surface area is 210 Å². The van der Waals surface area contributed by atoms with Crippen molar-refractivity contribution < 1.29 is 29.0 Å². The van der Waals surface area contributed by atoms with Gasteiger partial charge in [-0.05, 0) is 48.9 Å². The van der Waals surface area contributed by atoms with E-state index in [0.717, 1.165) is 0 Å². The molecule has 0 bridgehead atoms. The van der Waals surface area contributed by atoms with Crippen molar-refractivity contribution in [1.29, 1.82) is 0 Å². The predicted molar refractivity (Wildman–Crippen MR) is 130 cm³/mol. The van der Waals surface area contributed by atoms with Crippen LogP contribution in [0.15, 0.2) is 47.5 Å². The third-order valence-corrected chi connectivity index (χ3v) is 4.71. The van der Waals surface area contributed by atoms with Gasteiger partial charge in [-0.3, -0.25) is 19.7 Å². The Bertz CT molecular complexity index is 1120. The first-order valence-corrected chi connectivity index (χ1v) is 11.0. The summed E-state index contributed by atoms with van der Waals surface area (Å²) in [7, 11) is 0. The molecule has 35 heavy (non-hydrogen) atoms. The van der Waals surface area contributed by atoms with Crippen molar-refractivity contribution in [2.24, 2.45) is 10.7 Å². The van der Waals surface area contributed by atoms with Gasteiger partial charge in [-0.1, -0.05) is 29.3 Å². The molecule has 0 radical (unpaired) electrons. The van der Waals surface area contributed by atoms with Crippen molar-refractivity contribution in [3.8, 4) is 0 Å². The number of nitrogens with one attached hydrogen (secondary N) is 3. The zero-order valence-corrected chi connectivity index (χ0v) is 20.0. The predicted octanol–water partition coefficient (Wildman–Crippen LogP) is 2.75. The van der Waals surface area contributed by atoms with Gasteiger partial charge in [0.2, 0.25) is 11.9 Å². The topological polar surface area (TPSA) is 172 Å². The molecule has 6 N–H and O–H groups in total. The second kappa shape index (κ2) is 13.2. The fourth-order valence-electron chi connectivity index (χ4n) is 2.87. The molecule has 2 aromatic carbocycles. The molecule has 1 unspecified atom stereocenters. The number of guanidine groups is 1. The summed E-state index contributed by atoms with van der Waals surface area (Å²) in [6, 6.07) is 9.53. The Hall–Kier alpha value is -3.83. The molecule has 0 aromatic heterocycles. The second-order valence-corrected chi connectivity index (χ2v) is 7.87. The van der Waals surface area contributed by atoms with Crippen molar-refractivity contribution in [3.05, 3.63) is 63.6 Å². The number of nitrogens with zero attached hydrogens (tertiary/aromatic N) is 1. The van der Waals surface area contributed by atoms with E-state index in [1.807, 2.05) is 0 Å². The highest BCUT2D eigenvalue weighted by atomic mass is 35.5. The molecule has 0 fully saturated rings. The van der Waals surface area contributed by atoms with Crippen LogP contribution in [0, 0.1) is 0 Å². The Balaban J connectivity index is 2.02. The van der Waals surface area contributed by atoms with Crippen LogP contribution in [-0.2, 0) is 14.3 Å². The maximum absolute atomic E-state index is 12.5. The highest BCUT2D eigenvalue weighted by Gasteiger charge is 2.20. The highest BCUT2D eigenvalue weighted by Crippen LogP contribution is 2.25. The van der Waals surface area contributed by atoms with Crippen molar-refractivity contribution in [1.82, 2.24) is 16.0 Å². The number of benzene rings is 2. The summed E-state index contributed by atoms with van der Waals surface area (Å²) >= 11 is 12.0. The average Bonchev–Trinajstić information content (AvgIpc) is 2.76. The molecule has 2 aromatic rings. The van der Waals surface area contributed by atoms with E-state index in [2.05, 4.69) is 20.9 Å². The summed E-state index contributed by atoms with van der Waals surface area (Å²) in [6.45, 7) is 1.37. The number of hydrogen-bond donors (Lipinski definition) is 5. The lowest BCUT2D eigenvalue weighted by molar-refractivity contribution is -0.137. The van der Waals surface area contributed by atoms with E-state index in [4.69, 9.17) is 33.7 Å². The van der Waals surface area contributed by atoms with Gasteiger partial charge in [0.25, 0.3) is 5.91 Å². The summed E-state index contributed by atoms with van der Waals surface area (Å²) in [5.74, 6) is -2.59. The molecule has 0 heterocycles. The molecule has 0 spiro atoms. The molecular formula is C22H23Cl2N5O6. The molecule has 0 aliphatic carbocycles. The van der Waals surface area contributed by atoms with Crippen molar-refractivity contribution in [3.63, 3.8) is 0 Å². The van der Waals surface area contributed by atoms with Crippen LogP contribution in [0.2, 0.25) is 10.0 Å². The highest BCUT2D eigenvalue weighted by molar-refractivity contribution is 6.34. The number of rotatable bonds is 9. The van der Waals surface area contributed by atoms with Gasteiger partial charge in [0.05, 0.1) is 31.3 Å². The Morgan fingerprint density at radius 1 is 1.11 bits per heavy atom. The summed E-state index contributed by atoms with van der Waals surface area (Å²) in [4.78, 5) is 51.5. The molecule has 0 aliphatic heterocycles. The quantitative estimate of drug-likeness (QED) is 0.248. The summed E-state index contributed by atoms with van der Waals surface area (Å²) < 4.78 is 4.70. The third-order valence-electron chi connectivity index (χ3n) is 4.27. The number of ether oxygens (including phenoxy) is 1. The lowest BCUT2D eigenvalue weighted by Crippen LogP contribution is -2.39. The van der Waals surface area contributed by atoms with Crippen molar-refractivity contribution in [2.75, 3.05) is 13.2 Å². The number of carboxylic acids is 1. The Kier molecular flexibility index (Phi) is 10.3. The van der Waals surface area contributed by atoms with E-state index in [0.29, 0.717) is 5.56 Å². The first-order chi connectivity index (χ1) is 16.6. The van der Waals surface area contributed by atoms with Gasteiger partial charge in [-0.25, -0.2) is 9.79 Å². The fraction of sp³-hybridized carbons (Fsp3) is 0.227. The minimum atomic E-state index is -1.15. The van der Waals surface area contributed by atoms with Gasteiger partial charge < -0.3 is 26.2 Å². The van der Waals surface area contributed by atoms with E-state index in [-0.39, 0.29) is 33.9 Å². The maximum Gasteiger partial charge on any atom is 0.413 e. The summed E-state index contributed by atoms with van der Waals surface area (Å²) in [5, 5.41) is 17.0. The number of carbonyl (C=O) groups is 4. The van der Waals surface area contributed by atoms with Crippen LogP contribution in [-0.4, -0.2) is 48.1 Å². The number of nitrogens with two attached hydrogens (primary N) is 1. The van der Waals surface area contributed by atoms with Gasteiger partial charge in [-0.15, -0.1) is 0 Å². The zero-order valence-electron chi connectivity index (χ0n) is 18.5. The number of carbonyl (C=O) groups excluding carboxylic acids is 3. The molecule has 1 atom stereocenters. The zero-order chi connectivity index (χ0) is 26.0.